The zero-order chi connectivity index (χ0) is 6.57. The van der Waals surface area contributed by atoms with Gasteiger partial charge >= 0.3 is 0 Å². The van der Waals surface area contributed by atoms with Gasteiger partial charge in [0.05, 0.1) is 0 Å². The van der Waals surface area contributed by atoms with E-state index < -0.39 is 0 Å². The van der Waals surface area contributed by atoms with Crippen LogP contribution in [0.5, 0.6) is 0 Å². The zero-order valence-electron chi connectivity index (χ0n) is 6.19. The Hall–Kier alpha value is 0.350. The number of hydrogen-bond donors (Lipinski definition) is 0. The summed E-state index contributed by atoms with van der Waals surface area (Å²) >= 11 is 1.90. The fourth-order valence-corrected chi connectivity index (χ4v) is 1.18. The van der Waals surface area contributed by atoms with Crippen LogP contribution in [0.1, 0.15) is 20.8 Å². The Labute approximate surface area is 57.1 Å². The highest BCUT2D eigenvalue weighted by Crippen LogP contribution is 2.15. The maximum absolute atomic E-state index is 2.24. The molecule has 0 saturated heterocycles. The van der Waals surface area contributed by atoms with Gasteiger partial charge < -0.3 is 0 Å². The Kier molecular flexibility index (Phi) is 4.44. The molecular formula is C7H15S. The molecule has 1 heteroatoms. The van der Waals surface area contributed by atoms with Crippen LogP contribution < -0.4 is 0 Å². The highest BCUT2D eigenvalue weighted by molar-refractivity contribution is 7.98. The monoisotopic (exact) mass is 131 g/mol. The molecule has 0 saturated carbocycles. The van der Waals surface area contributed by atoms with Crippen LogP contribution in [0, 0.1) is 11.8 Å². The Morgan fingerprint density at radius 1 is 1.50 bits per heavy atom. The van der Waals surface area contributed by atoms with Gasteiger partial charge in [0.2, 0.25) is 0 Å². The van der Waals surface area contributed by atoms with Crippen LogP contribution in [0.3, 0.4) is 0 Å². The first-order chi connectivity index (χ1) is 3.68. The molecule has 0 aromatic heterocycles. The first-order valence-corrected chi connectivity index (χ1v) is 4.39. The summed E-state index contributed by atoms with van der Waals surface area (Å²) in [5.74, 6) is 3.58. The largest absolute Gasteiger partial charge is 0.165 e. The minimum absolute atomic E-state index is 0.766. The molecule has 0 spiro atoms. The molecule has 0 N–H and O–H groups in total. The fraction of sp³-hybridized carbons (Fsp3) is 0.857. The molecule has 0 bridgehead atoms. The molecule has 0 nitrogen and oxygen atoms in total. The standard InChI is InChI=1S/C7H15S/c1-6(2)7(3)5-8-4/h6H,5H2,1-4H3. The van der Waals surface area contributed by atoms with E-state index in [1.165, 1.54) is 5.75 Å². The molecule has 49 valence electrons. The second-order valence-electron chi connectivity index (χ2n) is 2.43. The SMILES string of the molecule is CSC[C](C)C(C)C. The van der Waals surface area contributed by atoms with Gasteiger partial charge in [-0.2, -0.15) is 11.8 Å². The van der Waals surface area contributed by atoms with E-state index in [1.807, 2.05) is 11.8 Å². The van der Waals surface area contributed by atoms with Crippen molar-refractivity contribution in [2.24, 2.45) is 5.92 Å². The summed E-state index contributed by atoms with van der Waals surface area (Å²) in [7, 11) is 0. The third-order valence-electron chi connectivity index (χ3n) is 1.36. The van der Waals surface area contributed by atoms with Crippen LogP contribution in [0.25, 0.3) is 0 Å². The zero-order valence-corrected chi connectivity index (χ0v) is 7.01. The lowest BCUT2D eigenvalue weighted by Gasteiger charge is -2.11. The lowest BCUT2D eigenvalue weighted by Crippen LogP contribution is -2.02. The average Bonchev–Trinajstić information content (AvgIpc) is 1.67. The van der Waals surface area contributed by atoms with E-state index in [0.717, 1.165) is 5.92 Å². The Morgan fingerprint density at radius 3 is 2.12 bits per heavy atom. The van der Waals surface area contributed by atoms with Gasteiger partial charge in [0.1, 0.15) is 0 Å². The van der Waals surface area contributed by atoms with Crippen molar-refractivity contribution in [3.63, 3.8) is 0 Å². The van der Waals surface area contributed by atoms with E-state index in [4.69, 9.17) is 0 Å². The van der Waals surface area contributed by atoms with Gasteiger partial charge in [0, 0.05) is 0 Å². The third kappa shape index (κ3) is 3.36. The molecule has 0 unspecified atom stereocenters. The van der Waals surface area contributed by atoms with Crippen LogP contribution >= 0.6 is 11.8 Å². The summed E-state index contributed by atoms with van der Waals surface area (Å²) in [4.78, 5) is 0. The maximum Gasteiger partial charge on any atom is -0.000816 e. The van der Waals surface area contributed by atoms with Gasteiger partial charge in [-0.15, -0.1) is 0 Å². The summed E-state index contributed by atoms with van der Waals surface area (Å²) in [5, 5.41) is 0. The molecule has 0 atom stereocenters. The highest BCUT2D eigenvalue weighted by Gasteiger charge is 2.04. The number of thioether (sulfide) groups is 1. The van der Waals surface area contributed by atoms with Crippen molar-refractivity contribution in [1.29, 1.82) is 0 Å². The summed E-state index contributed by atoms with van der Waals surface area (Å²) in [6, 6.07) is 0. The number of hydrogen-bond acceptors (Lipinski definition) is 1. The molecule has 0 aliphatic heterocycles. The quantitative estimate of drug-likeness (QED) is 0.567. The predicted molar refractivity (Wildman–Crippen MR) is 42.1 cm³/mol. The van der Waals surface area contributed by atoms with E-state index in [1.54, 1.807) is 5.92 Å². The van der Waals surface area contributed by atoms with E-state index in [-0.39, 0.29) is 0 Å². The molecule has 0 aromatic rings. The first kappa shape index (κ1) is 8.35. The smallest absolute Gasteiger partial charge is 0.000816 e. The lowest BCUT2D eigenvalue weighted by molar-refractivity contribution is 0.675. The molecule has 0 aromatic carbocycles. The van der Waals surface area contributed by atoms with Gasteiger partial charge in [-0.1, -0.05) is 20.8 Å². The molecule has 0 amide bonds. The van der Waals surface area contributed by atoms with Gasteiger partial charge in [-0.3, -0.25) is 0 Å². The number of rotatable bonds is 3. The molecule has 0 fully saturated rings. The maximum atomic E-state index is 2.24. The molecule has 0 aliphatic rings. The van der Waals surface area contributed by atoms with Crippen molar-refractivity contribution >= 4 is 11.8 Å². The topological polar surface area (TPSA) is 0 Å². The first-order valence-electron chi connectivity index (χ1n) is 2.99. The highest BCUT2D eigenvalue weighted by atomic mass is 32.2. The van der Waals surface area contributed by atoms with Gasteiger partial charge in [0.25, 0.3) is 0 Å². The van der Waals surface area contributed by atoms with Crippen LogP contribution in [-0.2, 0) is 0 Å². The predicted octanol–water partition coefficient (Wildman–Crippen LogP) is 2.60. The van der Waals surface area contributed by atoms with Gasteiger partial charge in [-0.05, 0) is 23.8 Å². The average molecular weight is 131 g/mol. The Balaban J connectivity index is 3.17. The second-order valence-corrected chi connectivity index (χ2v) is 3.30. The van der Waals surface area contributed by atoms with E-state index >= 15 is 0 Å². The molecule has 0 aliphatic carbocycles. The van der Waals surface area contributed by atoms with Crippen LogP contribution in [0.15, 0.2) is 0 Å². The summed E-state index contributed by atoms with van der Waals surface area (Å²) < 4.78 is 0. The van der Waals surface area contributed by atoms with Crippen molar-refractivity contribution in [3.8, 4) is 0 Å². The van der Waals surface area contributed by atoms with Crippen molar-refractivity contribution < 1.29 is 0 Å². The van der Waals surface area contributed by atoms with Crippen LogP contribution in [0.2, 0.25) is 0 Å². The molecule has 0 heterocycles. The minimum atomic E-state index is 0.766. The van der Waals surface area contributed by atoms with Crippen molar-refractivity contribution in [3.05, 3.63) is 5.92 Å². The third-order valence-corrected chi connectivity index (χ3v) is 2.10. The summed E-state index contributed by atoms with van der Waals surface area (Å²) in [6.45, 7) is 6.71. The lowest BCUT2D eigenvalue weighted by atomic mass is 10.0. The van der Waals surface area contributed by atoms with Crippen LogP contribution in [-0.4, -0.2) is 12.0 Å². The molecular weight excluding hydrogens is 116 g/mol. The molecule has 1 radical (unpaired) electrons. The van der Waals surface area contributed by atoms with E-state index in [0.29, 0.717) is 0 Å². The van der Waals surface area contributed by atoms with Gasteiger partial charge in [-0.25, -0.2) is 0 Å². The van der Waals surface area contributed by atoms with Crippen molar-refractivity contribution in [2.45, 2.75) is 20.8 Å². The minimum Gasteiger partial charge on any atom is -0.165 e. The molecule has 0 rings (SSSR count). The normalized spacial score (nSPS) is 11.2. The Morgan fingerprint density at radius 2 is 2.00 bits per heavy atom. The van der Waals surface area contributed by atoms with Gasteiger partial charge in [0.15, 0.2) is 0 Å². The van der Waals surface area contributed by atoms with Crippen LogP contribution in [0.4, 0.5) is 0 Å². The fourth-order valence-electron chi connectivity index (χ4n) is 0.394. The summed E-state index contributed by atoms with van der Waals surface area (Å²) in [5.41, 5.74) is 0. The second kappa shape index (κ2) is 4.25. The Bertz CT molecular complexity index is 50.3. The molecule has 8 heavy (non-hydrogen) atoms. The van der Waals surface area contributed by atoms with Crippen molar-refractivity contribution in [1.82, 2.24) is 0 Å². The summed E-state index contributed by atoms with van der Waals surface area (Å²) in [6.07, 6.45) is 2.14. The van der Waals surface area contributed by atoms with Crippen molar-refractivity contribution in [2.75, 3.05) is 12.0 Å². The van der Waals surface area contributed by atoms with E-state index in [2.05, 4.69) is 27.0 Å². The van der Waals surface area contributed by atoms with E-state index in [9.17, 15) is 0 Å².